The van der Waals surface area contributed by atoms with Crippen LogP contribution in [0, 0.1) is 23.3 Å². The summed E-state index contributed by atoms with van der Waals surface area (Å²) in [6, 6.07) is 7.21. The standard InChI is InChI=1S/C28H30F4N2O8/c1-28(2,3)42-22(36)12-19(20(35)15-40-25-23(31)17(29)11-18(30)24(25)32)33-26(37)21-13-34(9-10-39-21)27(38)41-14-16-7-5-4-6-8-16/h4-8,11,19,21H,9-10,12-15H2,1-3H3,(H,33,37)/t19-,21?/m0/s1. The van der Waals surface area contributed by atoms with Crippen molar-refractivity contribution in [3.05, 3.63) is 65.2 Å². The largest absolute Gasteiger partial charge is 0.479 e. The number of carbonyl (C=O) groups is 4. The highest BCUT2D eigenvalue weighted by Crippen LogP contribution is 2.26. The zero-order chi connectivity index (χ0) is 31.0. The molecule has 1 saturated heterocycles. The van der Waals surface area contributed by atoms with E-state index in [1.807, 2.05) is 0 Å². The number of ketones is 1. The van der Waals surface area contributed by atoms with Gasteiger partial charge in [0.05, 0.1) is 19.6 Å². The van der Waals surface area contributed by atoms with Crippen LogP contribution in [-0.4, -0.2) is 72.7 Å². The highest BCUT2D eigenvalue weighted by molar-refractivity contribution is 5.94. The lowest BCUT2D eigenvalue weighted by Crippen LogP contribution is -2.55. The van der Waals surface area contributed by atoms with Crippen LogP contribution >= 0.6 is 0 Å². The molecule has 228 valence electrons. The molecule has 0 saturated carbocycles. The molecule has 14 heteroatoms. The molecular formula is C28H30F4N2O8. The molecule has 2 aromatic rings. The number of nitrogens with zero attached hydrogens (tertiary/aromatic N) is 1. The van der Waals surface area contributed by atoms with Crippen LogP contribution in [0.25, 0.3) is 0 Å². The second kappa shape index (κ2) is 14.1. The van der Waals surface area contributed by atoms with Crippen molar-refractivity contribution in [3.8, 4) is 5.75 Å². The number of halogens is 4. The van der Waals surface area contributed by atoms with Gasteiger partial charge in [-0.25, -0.2) is 13.6 Å². The van der Waals surface area contributed by atoms with Gasteiger partial charge in [0, 0.05) is 12.6 Å². The van der Waals surface area contributed by atoms with Gasteiger partial charge >= 0.3 is 12.1 Å². The minimum Gasteiger partial charge on any atom is -0.479 e. The first-order valence-electron chi connectivity index (χ1n) is 12.8. The highest BCUT2D eigenvalue weighted by Gasteiger charge is 2.34. The molecular weight excluding hydrogens is 568 g/mol. The van der Waals surface area contributed by atoms with Gasteiger partial charge in [-0.1, -0.05) is 30.3 Å². The number of carbonyl (C=O) groups excluding carboxylic acids is 4. The van der Waals surface area contributed by atoms with Crippen LogP contribution in [0.3, 0.4) is 0 Å². The van der Waals surface area contributed by atoms with E-state index in [-0.39, 0.29) is 32.4 Å². The van der Waals surface area contributed by atoms with Gasteiger partial charge in [-0.2, -0.15) is 8.78 Å². The predicted octanol–water partition coefficient (Wildman–Crippen LogP) is 3.45. The van der Waals surface area contributed by atoms with Crippen molar-refractivity contribution in [2.75, 3.05) is 26.3 Å². The molecule has 1 N–H and O–H groups in total. The molecule has 1 aliphatic heterocycles. The fourth-order valence-electron chi connectivity index (χ4n) is 3.77. The van der Waals surface area contributed by atoms with Gasteiger partial charge in [0.25, 0.3) is 5.91 Å². The number of ether oxygens (including phenoxy) is 4. The van der Waals surface area contributed by atoms with E-state index in [0.29, 0.717) is 0 Å². The summed E-state index contributed by atoms with van der Waals surface area (Å²) in [6.45, 7) is 3.34. The molecule has 3 rings (SSSR count). The zero-order valence-corrected chi connectivity index (χ0v) is 23.1. The molecule has 2 amide bonds. The Morgan fingerprint density at radius 1 is 1.05 bits per heavy atom. The highest BCUT2D eigenvalue weighted by atomic mass is 19.2. The average Bonchev–Trinajstić information content (AvgIpc) is 2.94. The van der Waals surface area contributed by atoms with E-state index in [4.69, 9.17) is 18.9 Å². The van der Waals surface area contributed by atoms with Gasteiger partial charge < -0.3 is 29.2 Å². The second-order valence-electron chi connectivity index (χ2n) is 10.2. The molecule has 42 heavy (non-hydrogen) atoms. The number of benzene rings is 2. The Kier molecular flexibility index (Phi) is 10.9. The van der Waals surface area contributed by atoms with E-state index < -0.39 is 83.5 Å². The number of hydrogen-bond donors (Lipinski definition) is 1. The van der Waals surface area contributed by atoms with Gasteiger partial charge in [-0.05, 0) is 26.3 Å². The fraction of sp³-hybridized carbons (Fsp3) is 0.429. The predicted molar refractivity (Wildman–Crippen MR) is 137 cm³/mol. The van der Waals surface area contributed by atoms with Crippen LogP contribution in [0.1, 0.15) is 32.8 Å². The van der Waals surface area contributed by atoms with Crippen LogP contribution in [0.5, 0.6) is 5.75 Å². The Hall–Kier alpha value is -4.20. The van der Waals surface area contributed by atoms with Gasteiger partial charge in [-0.15, -0.1) is 0 Å². The minimum atomic E-state index is -1.87. The number of nitrogens with one attached hydrogen (secondary N) is 1. The van der Waals surface area contributed by atoms with Crippen molar-refractivity contribution in [1.29, 1.82) is 0 Å². The summed E-state index contributed by atoms with van der Waals surface area (Å²) in [5, 5.41) is 2.30. The molecule has 0 aliphatic carbocycles. The van der Waals surface area contributed by atoms with Crippen molar-refractivity contribution >= 4 is 23.8 Å². The van der Waals surface area contributed by atoms with E-state index in [9.17, 15) is 36.7 Å². The molecule has 0 radical (unpaired) electrons. The third-order valence-electron chi connectivity index (χ3n) is 5.75. The summed E-state index contributed by atoms with van der Waals surface area (Å²) in [5.74, 6) is -11.6. The average molecular weight is 599 g/mol. The third-order valence-corrected chi connectivity index (χ3v) is 5.75. The van der Waals surface area contributed by atoms with Crippen LogP contribution in [0.2, 0.25) is 0 Å². The monoisotopic (exact) mass is 598 g/mol. The van der Waals surface area contributed by atoms with E-state index in [0.717, 1.165) is 5.56 Å². The lowest BCUT2D eigenvalue weighted by Gasteiger charge is -2.32. The van der Waals surface area contributed by atoms with Crippen molar-refractivity contribution in [3.63, 3.8) is 0 Å². The Morgan fingerprint density at radius 3 is 2.31 bits per heavy atom. The third kappa shape index (κ3) is 9.16. The first-order valence-corrected chi connectivity index (χ1v) is 12.8. The SMILES string of the molecule is CC(C)(C)OC(=O)C[C@H](NC(=O)C1CN(C(=O)OCc2ccccc2)CCO1)C(=O)COc1c(F)c(F)cc(F)c1F. The van der Waals surface area contributed by atoms with E-state index >= 15 is 0 Å². The second-order valence-corrected chi connectivity index (χ2v) is 10.2. The fourth-order valence-corrected chi connectivity index (χ4v) is 3.77. The van der Waals surface area contributed by atoms with Crippen LogP contribution in [-0.2, 0) is 35.2 Å². The maximum absolute atomic E-state index is 14.0. The summed E-state index contributed by atoms with van der Waals surface area (Å²) in [4.78, 5) is 52.2. The maximum atomic E-state index is 14.0. The first kappa shape index (κ1) is 32.3. The van der Waals surface area contributed by atoms with Crippen LogP contribution in [0.4, 0.5) is 22.4 Å². The Labute approximate surface area is 238 Å². The summed E-state index contributed by atoms with van der Waals surface area (Å²) in [5.41, 5.74) is -0.205. The van der Waals surface area contributed by atoms with Crippen LogP contribution < -0.4 is 10.1 Å². The summed E-state index contributed by atoms with van der Waals surface area (Å²) < 4.78 is 75.6. The summed E-state index contributed by atoms with van der Waals surface area (Å²) >= 11 is 0. The lowest BCUT2D eigenvalue weighted by atomic mass is 10.1. The van der Waals surface area contributed by atoms with Crippen molar-refractivity contribution in [1.82, 2.24) is 10.2 Å². The van der Waals surface area contributed by atoms with Gasteiger partial charge in [0.1, 0.15) is 24.9 Å². The number of hydrogen-bond acceptors (Lipinski definition) is 8. The minimum absolute atomic E-state index is 0.00321. The lowest BCUT2D eigenvalue weighted by molar-refractivity contribution is -0.157. The molecule has 1 aliphatic rings. The smallest absolute Gasteiger partial charge is 0.410 e. The van der Waals surface area contributed by atoms with Crippen LogP contribution in [0.15, 0.2) is 36.4 Å². The first-order chi connectivity index (χ1) is 19.7. The number of rotatable bonds is 10. The maximum Gasteiger partial charge on any atom is 0.410 e. The summed E-state index contributed by atoms with van der Waals surface area (Å²) in [7, 11) is 0. The van der Waals surface area contributed by atoms with Gasteiger partial charge in [0.2, 0.25) is 11.6 Å². The molecule has 0 bridgehead atoms. The van der Waals surface area contributed by atoms with E-state index in [1.165, 1.54) is 4.90 Å². The molecule has 0 spiro atoms. The number of Topliss-reactive ketones (excluding diaryl/α,β-unsaturated/α-hetero) is 1. The number of amides is 2. The van der Waals surface area contributed by atoms with E-state index in [1.54, 1.807) is 51.1 Å². The molecule has 1 fully saturated rings. The summed E-state index contributed by atoms with van der Waals surface area (Å²) in [6.07, 6.45) is -2.70. The van der Waals surface area contributed by atoms with Crippen molar-refractivity contribution < 1.29 is 55.7 Å². The molecule has 1 unspecified atom stereocenters. The zero-order valence-electron chi connectivity index (χ0n) is 23.1. The quantitative estimate of drug-likeness (QED) is 0.251. The number of esters is 1. The van der Waals surface area contributed by atoms with Crippen molar-refractivity contribution in [2.45, 2.75) is 51.5 Å². The molecule has 10 nitrogen and oxygen atoms in total. The Bertz CT molecular complexity index is 1280. The normalized spacial score (nSPS) is 15.9. The molecule has 2 atom stereocenters. The Morgan fingerprint density at radius 2 is 1.69 bits per heavy atom. The number of morpholine rings is 1. The van der Waals surface area contributed by atoms with Crippen molar-refractivity contribution in [2.24, 2.45) is 0 Å². The van der Waals surface area contributed by atoms with Gasteiger partial charge in [0.15, 0.2) is 29.3 Å². The molecule has 2 aromatic carbocycles. The molecule has 0 aromatic heterocycles. The Balaban J connectivity index is 1.67. The molecule has 1 heterocycles. The van der Waals surface area contributed by atoms with E-state index in [2.05, 4.69) is 5.32 Å². The topological polar surface area (TPSA) is 120 Å². The van der Waals surface area contributed by atoms with Gasteiger partial charge in [-0.3, -0.25) is 14.4 Å².